The Kier molecular flexibility index (Phi) is 3.37. The average Bonchev–Trinajstić information content (AvgIpc) is 3.15. The monoisotopic (exact) mass is 306 g/mol. The lowest BCUT2D eigenvalue weighted by atomic mass is 10.1. The summed E-state index contributed by atoms with van der Waals surface area (Å²) in [5, 5.41) is 0. The lowest BCUT2D eigenvalue weighted by Gasteiger charge is -2.29. The molecule has 0 unspecified atom stereocenters. The van der Waals surface area contributed by atoms with Crippen LogP contribution in [0.5, 0.6) is 0 Å². The Morgan fingerprint density at radius 2 is 1.48 bits per heavy atom. The van der Waals surface area contributed by atoms with E-state index in [0.717, 1.165) is 25.1 Å². The Morgan fingerprint density at radius 1 is 0.870 bits per heavy atom. The molecule has 2 amide bonds. The van der Waals surface area contributed by atoms with Gasteiger partial charge in [-0.1, -0.05) is 30.3 Å². The predicted molar refractivity (Wildman–Crippen MR) is 88.6 cm³/mol. The number of carbonyl (C=O) groups excluding carboxylic acids is 2. The molecule has 2 aliphatic rings. The highest BCUT2D eigenvalue weighted by atomic mass is 16.2. The Bertz CT molecular complexity index is 722. The zero-order valence-electron chi connectivity index (χ0n) is 12.8. The highest BCUT2D eigenvalue weighted by Gasteiger charge is 2.38. The first kappa shape index (κ1) is 14.0. The maximum Gasteiger partial charge on any atom is 0.261 e. The molecule has 0 N–H and O–H groups in total. The number of fused-ring (bicyclic) bond motifs is 1. The Balaban J connectivity index is 1.57. The first-order valence-corrected chi connectivity index (χ1v) is 8.02. The molecule has 0 aromatic heterocycles. The van der Waals surface area contributed by atoms with Crippen LogP contribution in [0.15, 0.2) is 54.6 Å². The molecular formula is C19H18N2O2. The van der Waals surface area contributed by atoms with Crippen molar-refractivity contribution in [1.82, 2.24) is 4.90 Å². The Hall–Kier alpha value is -2.62. The van der Waals surface area contributed by atoms with Crippen molar-refractivity contribution in [3.63, 3.8) is 0 Å². The van der Waals surface area contributed by atoms with Gasteiger partial charge in [0.05, 0.1) is 11.1 Å². The summed E-state index contributed by atoms with van der Waals surface area (Å²) in [5.41, 5.74) is 2.22. The summed E-state index contributed by atoms with van der Waals surface area (Å²) >= 11 is 0. The molecule has 4 nitrogen and oxygen atoms in total. The van der Waals surface area contributed by atoms with E-state index in [1.54, 1.807) is 24.3 Å². The molecule has 0 bridgehead atoms. The molecule has 2 heterocycles. The first-order valence-electron chi connectivity index (χ1n) is 8.02. The van der Waals surface area contributed by atoms with Gasteiger partial charge in [-0.15, -0.1) is 0 Å². The number of carbonyl (C=O) groups is 2. The molecular weight excluding hydrogens is 288 g/mol. The molecule has 0 radical (unpaired) electrons. The molecule has 0 spiro atoms. The minimum Gasteiger partial charge on any atom is -0.367 e. The van der Waals surface area contributed by atoms with Crippen LogP contribution in [0.1, 0.15) is 33.6 Å². The van der Waals surface area contributed by atoms with Gasteiger partial charge in [0.25, 0.3) is 11.8 Å². The van der Waals surface area contributed by atoms with E-state index in [9.17, 15) is 9.59 Å². The SMILES string of the molecule is O=C1c2ccccc2C(=O)N1C[C@@H]1CCCN1c1ccccc1. The molecule has 2 aliphatic heterocycles. The van der Waals surface area contributed by atoms with Crippen LogP contribution in [-0.2, 0) is 0 Å². The number of nitrogens with zero attached hydrogens (tertiary/aromatic N) is 2. The second kappa shape index (κ2) is 5.54. The predicted octanol–water partition coefficient (Wildman–Crippen LogP) is 2.95. The number of imide groups is 1. The fourth-order valence-electron chi connectivity index (χ4n) is 3.60. The minimum absolute atomic E-state index is 0.162. The number of para-hydroxylation sites is 1. The highest BCUT2D eigenvalue weighted by molar-refractivity contribution is 6.21. The normalized spacial score (nSPS) is 20.3. The van der Waals surface area contributed by atoms with E-state index in [1.165, 1.54) is 4.90 Å². The fraction of sp³-hybridized carbons (Fsp3) is 0.263. The van der Waals surface area contributed by atoms with Crippen molar-refractivity contribution in [1.29, 1.82) is 0 Å². The van der Waals surface area contributed by atoms with Crippen LogP contribution in [0, 0.1) is 0 Å². The molecule has 0 aliphatic carbocycles. The van der Waals surface area contributed by atoms with Crippen LogP contribution >= 0.6 is 0 Å². The third-order valence-electron chi connectivity index (χ3n) is 4.74. The largest absolute Gasteiger partial charge is 0.367 e. The number of benzene rings is 2. The second-order valence-corrected chi connectivity index (χ2v) is 6.09. The van der Waals surface area contributed by atoms with Gasteiger partial charge in [0, 0.05) is 24.8 Å². The summed E-state index contributed by atoms with van der Waals surface area (Å²) in [7, 11) is 0. The van der Waals surface area contributed by atoms with Gasteiger partial charge < -0.3 is 4.90 Å². The molecule has 23 heavy (non-hydrogen) atoms. The van der Waals surface area contributed by atoms with E-state index in [4.69, 9.17) is 0 Å². The smallest absolute Gasteiger partial charge is 0.261 e. The van der Waals surface area contributed by atoms with Crippen molar-refractivity contribution in [2.75, 3.05) is 18.0 Å². The van der Waals surface area contributed by atoms with Gasteiger partial charge in [0.2, 0.25) is 0 Å². The van der Waals surface area contributed by atoms with Gasteiger partial charge >= 0.3 is 0 Å². The lowest BCUT2D eigenvalue weighted by molar-refractivity contribution is 0.0645. The van der Waals surface area contributed by atoms with Gasteiger partial charge in [-0.3, -0.25) is 14.5 Å². The molecule has 4 rings (SSSR count). The Morgan fingerprint density at radius 3 is 2.13 bits per heavy atom. The molecule has 116 valence electrons. The fourth-order valence-corrected chi connectivity index (χ4v) is 3.60. The second-order valence-electron chi connectivity index (χ2n) is 6.09. The molecule has 1 atom stereocenters. The summed E-state index contributed by atoms with van der Waals surface area (Å²) in [6.07, 6.45) is 2.09. The van der Waals surface area contributed by atoms with Crippen LogP contribution in [0.25, 0.3) is 0 Å². The molecule has 2 aromatic rings. The van der Waals surface area contributed by atoms with Crippen LogP contribution in [-0.4, -0.2) is 35.8 Å². The van der Waals surface area contributed by atoms with Gasteiger partial charge in [-0.25, -0.2) is 0 Å². The topological polar surface area (TPSA) is 40.6 Å². The van der Waals surface area contributed by atoms with Crippen molar-refractivity contribution < 1.29 is 9.59 Å². The van der Waals surface area contributed by atoms with Crippen LogP contribution in [0.3, 0.4) is 0 Å². The third kappa shape index (κ3) is 2.31. The van der Waals surface area contributed by atoms with Crippen molar-refractivity contribution in [3.05, 3.63) is 65.7 Å². The van der Waals surface area contributed by atoms with Crippen molar-refractivity contribution in [2.24, 2.45) is 0 Å². The van der Waals surface area contributed by atoms with E-state index < -0.39 is 0 Å². The third-order valence-corrected chi connectivity index (χ3v) is 4.74. The zero-order valence-corrected chi connectivity index (χ0v) is 12.8. The van der Waals surface area contributed by atoms with Crippen LogP contribution in [0.4, 0.5) is 5.69 Å². The standard InChI is InChI=1S/C19H18N2O2/c22-18-16-10-4-5-11-17(16)19(23)21(18)13-15-9-6-12-20(15)14-7-2-1-3-8-14/h1-5,7-8,10-11,15H,6,9,12-13H2/t15-/m0/s1. The van der Waals surface area contributed by atoms with E-state index in [-0.39, 0.29) is 17.9 Å². The molecule has 1 saturated heterocycles. The Labute approximate surface area is 135 Å². The van der Waals surface area contributed by atoms with Gasteiger partial charge in [-0.05, 0) is 37.1 Å². The van der Waals surface area contributed by atoms with E-state index in [1.807, 2.05) is 18.2 Å². The molecule has 1 fully saturated rings. The number of hydrogen-bond donors (Lipinski definition) is 0. The van der Waals surface area contributed by atoms with Gasteiger partial charge in [-0.2, -0.15) is 0 Å². The summed E-state index contributed by atoms with van der Waals surface area (Å²) in [6.45, 7) is 1.43. The number of anilines is 1. The summed E-state index contributed by atoms with van der Waals surface area (Å²) in [6, 6.07) is 17.5. The average molecular weight is 306 g/mol. The first-order chi connectivity index (χ1) is 11.3. The maximum absolute atomic E-state index is 12.5. The minimum atomic E-state index is -0.162. The van der Waals surface area contributed by atoms with Gasteiger partial charge in [0.15, 0.2) is 0 Å². The van der Waals surface area contributed by atoms with Gasteiger partial charge in [0.1, 0.15) is 0 Å². The van der Waals surface area contributed by atoms with E-state index in [2.05, 4.69) is 17.0 Å². The quantitative estimate of drug-likeness (QED) is 0.819. The highest BCUT2D eigenvalue weighted by Crippen LogP contribution is 2.29. The van der Waals surface area contributed by atoms with E-state index >= 15 is 0 Å². The van der Waals surface area contributed by atoms with E-state index in [0.29, 0.717) is 17.7 Å². The zero-order chi connectivity index (χ0) is 15.8. The van der Waals surface area contributed by atoms with Crippen LogP contribution in [0.2, 0.25) is 0 Å². The van der Waals surface area contributed by atoms with Crippen molar-refractivity contribution in [2.45, 2.75) is 18.9 Å². The maximum atomic E-state index is 12.5. The molecule has 0 saturated carbocycles. The molecule has 4 heteroatoms. The van der Waals surface area contributed by atoms with Crippen LogP contribution < -0.4 is 4.90 Å². The van der Waals surface area contributed by atoms with Crippen molar-refractivity contribution >= 4 is 17.5 Å². The molecule has 2 aromatic carbocycles. The summed E-state index contributed by atoms with van der Waals surface area (Å²) in [4.78, 5) is 28.8. The number of rotatable bonds is 3. The van der Waals surface area contributed by atoms with Crippen molar-refractivity contribution in [3.8, 4) is 0 Å². The summed E-state index contributed by atoms with van der Waals surface area (Å²) < 4.78 is 0. The summed E-state index contributed by atoms with van der Waals surface area (Å²) in [5.74, 6) is -0.323. The number of hydrogen-bond acceptors (Lipinski definition) is 3. The number of amides is 2. The lowest BCUT2D eigenvalue weighted by Crippen LogP contribution is -2.43.